The van der Waals surface area contributed by atoms with Gasteiger partial charge in [0.1, 0.15) is 5.75 Å². The molecule has 0 radical (unpaired) electrons. The molecule has 0 aromatic heterocycles. The van der Waals surface area contributed by atoms with Gasteiger partial charge in [-0.2, -0.15) is 5.26 Å². The lowest BCUT2D eigenvalue weighted by molar-refractivity contribution is 0.0782. The van der Waals surface area contributed by atoms with Crippen molar-refractivity contribution in [3.8, 4) is 11.8 Å². The maximum Gasteiger partial charge on any atom is 0.257 e. The van der Waals surface area contributed by atoms with Crippen molar-refractivity contribution in [2.45, 2.75) is 6.54 Å². The highest BCUT2D eigenvalue weighted by molar-refractivity contribution is 5.96. The number of amides is 1. The average molecular weight is 266 g/mol. The van der Waals surface area contributed by atoms with Gasteiger partial charge in [-0.15, -0.1) is 0 Å². The number of nitrogens with zero attached hydrogens (tertiary/aromatic N) is 2. The third kappa shape index (κ3) is 2.96. The van der Waals surface area contributed by atoms with Gasteiger partial charge >= 0.3 is 0 Å². The van der Waals surface area contributed by atoms with Crippen molar-refractivity contribution in [2.75, 3.05) is 7.05 Å². The topological polar surface area (TPSA) is 64.3 Å². The van der Waals surface area contributed by atoms with Gasteiger partial charge in [0.2, 0.25) is 0 Å². The number of carbonyl (C=O) groups excluding carboxylic acids is 1. The van der Waals surface area contributed by atoms with E-state index in [0.717, 1.165) is 5.56 Å². The van der Waals surface area contributed by atoms with Crippen molar-refractivity contribution in [1.82, 2.24) is 4.90 Å². The number of phenolic OH excluding ortho intramolecular Hbond substituents is 1. The van der Waals surface area contributed by atoms with Gasteiger partial charge in [0.25, 0.3) is 5.91 Å². The molecule has 2 rings (SSSR count). The number of hydrogen-bond acceptors (Lipinski definition) is 3. The third-order valence-electron chi connectivity index (χ3n) is 2.98. The number of nitriles is 1. The summed E-state index contributed by atoms with van der Waals surface area (Å²) < 4.78 is 0. The normalized spacial score (nSPS) is 9.80. The number of para-hydroxylation sites is 1. The quantitative estimate of drug-likeness (QED) is 0.928. The first kappa shape index (κ1) is 13.6. The van der Waals surface area contributed by atoms with Crippen LogP contribution >= 0.6 is 0 Å². The van der Waals surface area contributed by atoms with E-state index in [2.05, 4.69) is 0 Å². The van der Waals surface area contributed by atoms with Crippen LogP contribution in [0.3, 0.4) is 0 Å². The summed E-state index contributed by atoms with van der Waals surface area (Å²) in [4.78, 5) is 13.7. The van der Waals surface area contributed by atoms with Crippen LogP contribution in [0.4, 0.5) is 0 Å². The second-order valence-corrected chi connectivity index (χ2v) is 4.49. The van der Waals surface area contributed by atoms with Crippen LogP contribution in [0.5, 0.6) is 5.75 Å². The molecule has 0 saturated heterocycles. The lowest BCUT2D eigenvalue weighted by Gasteiger charge is -2.18. The minimum absolute atomic E-state index is 0.0239. The Morgan fingerprint density at radius 1 is 1.20 bits per heavy atom. The Labute approximate surface area is 117 Å². The number of aromatic hydroxyl groups is 1. The summed E-state index contributed by atoms with van der Waals surface area (Å²) in [6.45, 7) is 0.416. The van der Waals surface area contributed by atoms with Crippen LogP contribution in [0, 0.1) is 11.3 Å². The van der Waals surface area contributed by atoms with Crippen molar-refractivity contribution in [3.05, 3.63) is 65.2 Å². The van der Waals surface area contributed by atoms with Crippen LogP contribution in [0.25, 0.3) is 0 Å². The Balaban J connectivity index is 2.11. The Bertz CT molecular complexity index is 657. The molecule has 1 N–H and O–H groups in total. The lowest BCUT2D eigenvalue weighted by atomic mass is 10.1. The summed E-state index contributed by atoms with van der Waals surface area (Å²) in [7, 11) is 1.67. The molecule has 1 amide bonds. The summed E-state index contributed by atoms with van der Waals surface area (Å²) in [5.41, 5.74) is 1.79. The Morgan fingerprint density at radius 3 is 2.45 bits per heavy atom. The molecular formula is C16H14N2O2. The number of rotatable bonds is 3. The fraction of sp³-hybridized carbons (Fsp3) is 0.125. The van der Waals surface area contributed by atoms with Gasteiger partial charge in [-0.1, -0.05) is 24.3 Å². The Morgan fingerprint density at radius 2 is 1.85 bits per heavy atom. The van der Waals surface area contributed by atoms with Gasteiger partial charge in [-0.05, 0) is 29.8 Å². The first-order valence-corrected chi connectivity index (χ1v) is 6.14. The number of hydrogen-bond donors (Lipinski definition) is 1. The van der Waals surface area contributed by atoms with Crippen LogP contribution in [-0.2, 0) is 6.54 Å². The predicted molar refractivity (Wildman–Crippen MR) is 75.1 cm³/mol. The molecule has 0 bridgehead atoms. The van der Waals surface area contributed by atoms with Crippen LogP contribution in [-0.4, -0.2) is 23.0 Å². The molecule has 0 aliphatic heterocycles. The van der Waals surface area contributed by atoms with Crippen LogP contribution in [0.15, 0.2) is 48.5 Å². The molecule has 0 aliphatic carbocycles. The summed E-state index contributed by atoms with van der Waals surface area (Å²) in [6, 6.07) is 15.6. The van der Waals surface area contributed by atoms with Crippen LogP contribution < -0.4 is 0 Å². The lowest BCUT2D eigenvalue weighted by Crippen LogP contribution is -2.26. The van der Waals surface area contributed by atoms with E-state index in [1.807, 2.05) is 18.2 Å². The van der Waals surface area contributed by atoms with Gasteiger partial charge in [-0.3, -0.25) is 4.79 Å². The van der Waals surface area contributed by atoms with E-state index in [0.29, 0.717) is 12.1 Å². The van der Waals surface area contributed by atoms with Gasteiger partial charge in [0.15, 0.2) is 0 Å². The van der Waals surface area contributed by atoms with Gasteiger partial charge in [0, 0.05) is 13.6 Å². The molecule has 2 aromatic carbocycles. The first-order valence-electron chi connectivity index (χ1n) is 6.14. The standard InChI is InChI=1S/C16H14N2O2/c1-18(11-13-8-6-12(10-17)7-9-13)16(20)14-4-2-3-5-15(14)19/h2-9,19H,11H2,1H3. The maximum atomic E-state index is 12.2. The van der Waals surface area contributed by atoms with Crippen LogP contribution in [0.1, 0.15) is 21.5 Å². The van der Waals surface area contributed by atoms with E-state index >= 15 is 0 Å². The van der Waals surface area contributed by atoms with Gasteiger partial charge < -0.3 is 10.0 Å². The van der Waals surface area contributed by atoms with E-state index in [4.69, 9.17) is 5.26 Å². The van der Waals surface area contributed by atoms with Crippen molar-refractivity contribution < 1.29 is 9.90 Å². The number of phenols is 1. The molecule has 0 heterocycles. The molecule has 0 saturated carbocycles. The van der Waals surface area contributed by atoms with Crippen LogP contribution in [0.2, 0.25) is 0 Å². The molecule has 0 fully saturated rings. The Kier molecular flexibility index (Phi) is 4.02. The fourth-order valence-electron chi connectivity index (χ4n) is 1.89. The smallest absolute Gasteiger partial charge is 0.257 e. The predicted octanol–water partition coefficient (Wildman–Crippen LogP) is 2.54. The van der Waals surface area contributed by atoms with Crippen molar-refractivity contribution in [3.63, 3.8) is 0 Å². The fourth-order valence-corrected chi connectivity index (χ4v) is 1.89. The Hall–Kier alpha value is -2.80. The summed E-state index contributed by atoms with van der Waals surface area (Å²) in [6.07, 6.45) is 0. The van der Waals surface area contributed by atoms with Crippen molar-refractivity contribution in [2.24, 2.45) is 0 Å². The molecule has 20 heavy (non-hydrogen) atoms. The number of carbonyl (C=O) groups is 1. The maximum absolute atomic E-state index is 12.2. The van der Waals surface area contributed by atoms with Crippen molar-refractivity contribution in [1.29, 1.82) is 5.26 Å². The SMILES string of the molecule is CN(Cc1ccc(C#N)cc1)C(=O)c1ccccc1O. The molecule has 0 unspecified atom stereocenters. The highest BCUT2D eigenvalue weighted by Gasteiger charge is 2.15. The summed E-state index contributed by atoms with van der Waals surface area (Å²) >= 11 is 0. The second kappa shape index (κ2) is 5.89. The minimum atomic E-state index is -0.243. The third-order valence-corrected chi connectivity index (χ3v) is 2.98. The van der Waals surface area contributed by atoms with E-state index in [9.17, 15) is 9.90 Å². The zero-order valence-corrected chi connectivity index (χ0v) is 11.1. The number of benzene rings is 2. The minimum Gasteiger partial charge on any atom is -0.507 e. The highest BCUT2D eigenvalue weighted by atomic mass is 16.3. The summed E-state index contributed by atoms with van der Waals surface area (Å²) in [5.74, 6) is -0.267. The average Bonchev–Trinajstić information content (AvgIpc) is 2.48. The molecular weight excluding hydrogens is 252 g/mol. The zero-order chi connectivity index (χ0) is 14.5. The second-order valence-electron chi connectivity index (χ2n) is 4.49. The van der Waals surface area contributed by atoms with E-state index in [1.54, 1.807) is 37.4 Å². The molecule has 0 spiro atoms. The largest absolute Gasteiger partial charge is 0.507 e. The molecule has 4 nitrogen and oxygen atoms in total. The highest BCUT2D eigenvalue weighted by Crippen LogP contribution is 2.18. The van der Waals surface area contributed by atoms with Crippen molar-refractivity contribution >= 4 is 5.91 Å². The zero-order valence-electron chi connectivity index (χ0n) is 11.1. The van der Waals surface area contributed by atoms with E-state index in [-0.39, 0.29) is 17.2 Å². The van der Waals surface area contributed by atoms with E-state index < -0.39 is 0 Å². The molecule has 100 valence electrons. The molecule has 0 aliphatic rings. The van der Waals surface area contributed by atoms with Gasteiger partial charge in [0.05, 0.1) is 17.2 Å². The molecule has 2 aromatic rings. The van der Waals surface area contributed by atoms with E-state index in [1.165, 1.54) is 11.0 Å². The van der Waals surface area contributed by atoms with Gasteiger partial charge in [-0.25, -0.2) is 0 Å². The first-order chi connectivity index (χ1) is 9.61. The summed E-state index contributed by atoms with van der Waals surface area (Å²) in [5, 5.41) is 18.4. The monoisotopic (exact) mass is 266 g/mol. The molecule has 0 atom stereocenters. The molecule has 4 heteroatoms.